The number of carbonyl (C=O) groups is 1. The van der Waals surface area contributed by atoms with Gasteiger partial charge in [0.15, 0.2) is 6.79 Å². The van der Waals surface area contributed by atoms with Crippen LogP contribution >= 0.6 is 0 Å². The molecule has 0 bridgehead atoms. The fraction of sp³-hybridized carbons (Fsp3) is 0.525. The maximum atomic E-state index is 14.2. The van der Waals surface area contributed by atoms with Gasteiger partial charge in [-0.1, -0.05) is 115 Å². The molecule has 2 amide bonds. The second kappa shape index (κ2) is 14.5. The quantitative estimate of drug-likeness (QED) is 0.183. The topological polar surface area (TPSA) is 68.8 Å². The number of ether oxygens (including phenoxy) is 3. The molecule has 0 aliphatic heterocycles. The third-order valence-corrected chi connectivity index (χ3v) is 9.13. The van der Waals surface area contributed by atoms with E-state index in [1.165, 1.54) is 18.4 Å². The molecule has 250 valence electrons. The van der Waals surface area contributed by atoms with Gasteiger partial charge < -0.3 is 19.5 Å². The van der Waals surface area contributed by atoms with Gasteiger partial charge in [0.2, 0.25) is 5.72 Å². The largest absolute Gasteiger partial charge is 0.467 e. The van der Waals surface area contributed by atoms with Crippen LogP contribution < -0.4 is 20.1 Å². The van der Waals surface area contributed by atoms with Gasteiger partial charge in [0.05, 0.1) is 0 Å². The number of hydrogen-bond donors (Lipinski definition) is 2. The lowest BCUT2D eigenvalue weighted by Gasteiger charge is -2.42. The average molecular weight is 629 g/mol. The van der Waals surface area contributed by atoms with E-state index in [2.05, 4.69) is 95.5 Å². The molecule has 1 unspecified atom stereocenters. The maximum absolute atomic E-state index is 14.2. The molecule has 3 aromatic carbocycles. The lowest BCUT2D eigenvalue weighted by atomic mass is 9.79. The fourth-order valence-electron chi connectivity index (χ4n) is 6.87. The summed E-state index contributed by atoms with van der Waals surface area (Å²) in [6, 6.07) is 18.4. The minimum Gasteiger partial charge on any atom is -0.467 e. The Hall–Kier alpha value is -3.51. The number of nitrogens with one attached hydrogen (secondary N) is 2. The van der Waals surface area contributed by atoms with Crippen LogP contribution in [0.1, 0.15) is 113 Å². The Morgan fingerprint density at radius 3 is 1.85 bits per heavy atom. The first kappa shape index (κ1) is 35.3. The van der Waals surface area contributed by atoms with Crippen molar-refractivity contribution in [2.45, 2.75) is 117 Å². The summed E-state index contributed by atoms with van der Waals surface area (Å²) in [5, 5.41) is 6.66. The Labute approximate surface area is 277 Å². The van der Waals surface area contributed by atoms with Crippen LogP contribution in [0.25, 0.3) is 0 Å². The number of amides is 2. The third-order valence-electron chi connectivity index (χ3n) is 9.13. The zero-order valence-corrected chi connectivity index (χ0v) is 29.9. The summed E-state index contributed by atoms with van der Waals surface area (Å²) >= 11 is 0. The molecule has 6 nitrogen and oxygen atoms in total. The van der Waals surface area contributed by atoms with Crippen LogP contribution in [0.15, 0.2) is 54.6 Å². The molecule has 46 heavy (non-hydrogen) atoms. The molecule has 1 aliphatic rings. The molecule has 1 saturated carbocycles. The third kappa shape index (κ3) is 8.25. The molecule has 0 spiro atoms. The van der Waals surface area contributed by atoms with Crippen LogP contribution in [0, 0.1) is 26.7 Å². The van der Waals surface area contributed by atoms with Crippen molar-refractivity contribution in [2.75, 3.05) is 19.2 Å². The summed E-state index contributed by atoms with van der Waals surface area (Å²) in [5.74, 6) is 1.59. The summed E-state index contributed by atoms with van der Waals surface area (Å²) in [5.41, 5.74) is 5.46. The van der Waals surface area contributed by atoms with E-state index in [0.29, 0.717) is 5.75 Å². The van der Waals surface area contributed by atoms with Crippen LogP contribution in [-0.2, 0) is 21.3 Å². The van der Waals surface area contributed by atoms with Gasteiger partial charge in [-0.25, -0.2) is 4.79 Å². The molecule has 0 aromatic heterocycles. The number of benzene rings is 3. The van der Waals surface area contributed by atoms with Crippen molar-refractivity contribution in [3.05, 3.63) is 88.0 Å². The van der Waals surface area contributed by atoms with Crippen molar-refractivity contribution in [2.24, 2.45) is 5.92 Å². The van der Waals surface area contributed by atoms with E-state index in [-0.39, 0.29) is 29.6 Å². The number of carbonyl (C=O) groups excluding carboxylic acids is 1. The highest BCUT2D eigenvalue weighted by Crippen LogP contribution is 2.46. The fourth-order valence-corrected chi connectivity index (χ4v) is 6.87. The molecule has 1 aliphatic carbocycles. The lowest BCUT2D eigenvalue weighted by Crippen LogP contribution is -2.56. The van der Waals surface area contributed by atoms with Gasteiger partial charge in [-0.2, -0.15) is 0 Å². The van der Waals surface area contributed by atoms with Gasteiger partial charge in [-0.3, -0.25) is 5.32 Å². The highest BCUT2D eigenvalue weighted by atomic mass is 16.7. The zero-order valence-electron chi connectivity index (χ0n) is 29.9. The first-order valence-electron chi connectivity index (χ1n) is 16.9. The molecular weight excluding hydrogens is 572 g/mol. The molecule has 1 atom stereocenters. The minimum absolute atomic E-state index is 0.0592. The first-order chi connectivity index (χ1) is 21.7. The predicted octanol–water partition coefficient (Wildman–Crippen LogP) is 10.2. The van der Waals surface area contributed by atoms with Gasteiger partial charge in [-0.15, -0.1) is 0 Å². The summed E-state index contributed by atoms with van der Waals surface area (Å²) in [6.07, 6.45) is 6.45. The van der Waals surface area contributed by atoms with E-state index in [1.54, 1.807) is 7.11 Å². The van der Waals surface area contributed by atoms with E-state index in [9.17, 15) is 4.79 Å². The monoisotopic (exact) mass is 628 g/mol. The van der Waals surface area contributed by atoms with Crippen LogP contribution in [0.5, 0.6) is 11.5 Å². The zero-order chi connectivity index (χ0) is 33.7. The molecular formula is C40H56N2O4. The predicted molar refractivity (Wildman–Crippen MR) is 189 cm³/mol. The Kier molecular flexibility index (Phi) is 11.1. The van der Waals surface area contributed by atoms with Crippen LogP contribution in [0.4, 0.5) is 10.5 Å². The van der Waals surface area contributed by atoms with Gasteiger partial charge in [-0.05, 0) is 67.7 Å². The van der Waals surface area contributed by atoms with E-state index in [4.69, 9.17) is 14.2 Å². The van der Waals surface area contributed by atoms with Crippen molar-refractivity contribution in [3.8, 4) is 11.5 Å². The second-order valence-corrected chi connectivity index (χ2v) is 15.1. The standard InChI is InChI=1S/C40H56N2O4/c1-27-22-28(2)35(29(3)23-27)41-37(43)42-40(31-20-16-13-17-21-31,30-18-14-11-12-15-19-30)46-32-24-33(38(4,5)6)36(45-26-44-10)34(25-32)39(7,8)9/h13,16-17,20-25,30H,11-12,14-15,18-19,26H2,1-10H3,(H2,41,42,43). The van der Waals surface area contributed by atoms with Gasteiger partial charge >= 0.3 is 6.03 Å². The normalized spacial score (nSPS) is 15.9. The molecule has 0 heterocycles. The molecule has 3 aromatic rings. The van der Waals surface area contributed by atoms with E-state index in [1.807, 2.05) is 32.0 Å². The maximum Gasteiger partial charge on any atom is 0.322 e. The summed E-state index contributed by atoms with van der Waals surface area (Å²) < 4.78 is 19.0. The molecule has 4 rings (SSSR count). The van der Waals surface area contributed by atoms with E-state index in [0.717, 1.165) is 64.9 Å². The summed E-state index contributed by atoms with van der Waals surface area (Å²) in [6.45, 7) is 19.4. The first-order valence-corrected chi connectivity index (χ1v) is 16.9. The summed E-state index contributed by atoms with van der Waals surface area (Å²) in [4.78, 5) is 14.2. The van der Waals surface area contributed by atoms with Crippen molar-refractivity contribution in [3.63, 3.8) is 0 Å². The Morgan fingerprint density at radius 2 is 1.35 bits per heavy atom. The minimum atomic E-state index is -1.11. The van der Waals surface area contributed by atoms with Gasteiger partial charge in [0, 0.05) is 35.4 Å². The average Bonchev–Trinajstić information content (AvgIpc) is 3.27. The van der Waals surface area contributed by atoms with Gasteiger partial charge in [0.25, 0.3) is 0 Å². The van der Waals surface area contributed by atoms with Crippen LogP contribution in [0.3, 0.4) is 0 Å². The molecule has 6 heteroatoms. The number of rotatable bonds is 9. The highest BCUT2D eigenvalue weighted by Gasteiger charge is 2.45. The SMILES string of the molecule is COCOc1c(C(C)(C)C)cc(OC(NC(=O)Nc2c(C)cc(C)cc2C)(c2ccccc2)C2CCCCCC2)cc1C(C)(C)C. The number of aryl methyl sites for hydroxylation is 3. The summed E-state index contributed by atoms with van der Waals surface area (Å²) in [7, 11) is 1.64. The number of methoxy groups -OCH3 is 1. The number of anilines is 1. The van der Waals surface area contributed by atoms with Crippen molar-refractivity contribution < 1.29 is 19.0 Å². The smallest absolute Gasteiger partial charge is 0.322 e. The molecule has 2 N–H and O–H groups in total. The van der Waals surface area contributed by atoms with Crippen LogP contribution in [-0.4, -0.2) is 19.9 Å². The van der Waals surface area contributed by atoms with Crippen molar-refractivity contribution in [1.82, 2.24) is 5.32 Å². The molecule has 1 fully saturated rings. The van der Waals surface area contributed by atoms with Crippen LogP contribution in [0.2, 0.25) is 0 Å². The Balaban J connectivity index is 1.92. The Morgan fingerprint density at radius 1 is 0.804 bits per heavy atom. The number of hydrogen-bond acceptors (Lipinski definition) is 4. The molecule has 0 radical (unpaired) electrons. The molecule has 0 saturated heterocycles. The second-order valence-electron chi connectivity index (χ2n) is 15.1. The van der Waals surface area contributed by atoms with Crippen molar-refractivity contribution in [1.29, 1.82) is 0 Å². The van der Waals surface area contributed by atoms with E-state index >= 15 is 0 Å². The highest BCUT2D eigenvalue weighted by molar-refractivity contribution is 5.91. The Bertz CT molecular complexity index is 1420. The van der Waals surface area contributed by atoms with Gasteiger partial charge in [0.1, 0.15) is 11.5 Å². The number of urea groups is 1. The van der Waals surface area contributed by atoms with E-state index < -0.39 is 5.72 Å². The lowest BCUT2D eigenvalue weighted by molar-refractivity contribution is -0.0245. The van der Waals surface area contributed by atoms with Crippen molar-refractivity contribution >= 4 is 11.7 Å².